The van der Waals surface area contributed by atoms with Gasteiger partial charge < -0.3 is 5.32 Å². The van der Waals surface area contributed by atoms with Crippen molar-refractivity contribution < 1.29 is 0 Å². The van der Waals surface area contributed by atoms with Gasteiger partial charge in [0.15, 0.2) is 5.16 Å². The largest absolute Gasteiger partial charge is 0.344 e. The topological polar surface area (TPSA) is 62.7 Å². The lowest BCUT2D eigenvalue weighted by Crippen LogP contribution is -2.46. The number of hydrogen-bond acceptors (Lipinski definition) is 4. The fraction of sp³-hybridized carbons (Fsp3) is 0.867. The van der Waals surface area contributed by atoms with Crippen molar-refractivity contribution in [2.24, 2.45) is 11.8 Å². The highest BCUT2D eigenvalue weighted by molar-refractivity contribution is 7.99. The average molecular weight is 312 g/mol. The molecule has 1 aliphatic rings. The molecule has 2 rings (SSSR count). The van der Waals surface area contributed by atoms with E-state index in [1.54, 1.807) is 16.3 Å². The zero-order valence-electron chi connectivity index (χ0n) is 13.7. The minimum atomic E-state index is -0.107. The summed E-state index contributed by atoms with van der Waals surface area (Å²) in [6, 6.07) is 0.625. The van der Waals surface area contributed by atoms with E-state index in [0.717, 1.165) is 17.6 Å². The minimum Gasteiger partial charge on any atom is -0.313 e. The molecule has 1 fully saturated rings. The smallest absolute Gasteiger partial charge is 0.313 e. The first-order valence-corrected chi connectivity index (χ1v) is 8.88. The lowest BCUT2D eigenvalue weighted by molar-refractivity contribution is 0.250. The van der Waals surface area contributed by atoms with Crippen LogP contribution in [0, 0.1) is 11.8 Å². The Balaban J connectivity index is 2.21. The Morgan fingerprint density at radius 1 is 1.43 bits per heavy atom. The predicted molar refractivity (Wildman–Crippen MR) is 87.9 cm³/mol. The van der Waals surface area contributed by atoms with Gasteiger partial charge in [-0.1, -0.05) is 32.5 Å². The molecular formula is C15H28N4OS. The Hall–Kier alpha value is -0.750. The predicted octanol–water partition coefficient (Wildman–Crippen LogP) is 2.66. The van der Waals surface area contributed by atoms with Crippen LogP contribution in [0.15, 0.2) is 9.95 Å². The summed E-state index contributed by atoms with van der Waals surface area (Å²) in [6.07, 6.45) is 2.45. The normalized spacial score (nSPS) is 30.0. The van der Waals surface area contributed by atoms with Gasteiger partial charge in [-0.15, -0.1) is 5.10 Å². The Bertz CT molecular complexity index is 510. The summed E-state index contributed by atoms with van der Waals surface area (Å²) >= 11 is 1.76. The fourth-order valence-corrected chi connectivity index (χ4v) is 4.90. The van der Waals surface area contributed by atoms with Crippen molar-refractivity contribution in [2.75, 3.05) is 6.54 Å². The summed E-state index contributed by atoms with van der Waals surface area (Å²) in [5.74, 6) is 1.38. The first kappa shape index (κ1) is 16.6. The summed E-state index contributed by atoms with van der Waals surface area (Å²) in [6.45, 7) is 11.8. The fourth-order valence-electron chi connectivity index (χ4n) is 3.44. The maximum absolute atomic E-state index is 11.9. The summed E-state index contributed by atoms with van der Waals surface area (Å²) in [5.41, 5.74) is -0.107. The van der Waals surface area contributed by atoms with Gasteiger partial charge in [-0.3, -0.25) is 4.57 Å². The molecule has 21 heavy (non-hydrogen) atoms. The van der Waals surface area contributed by atoms with Crippen LogP contribution < -0.4 is 11.0 Å². The van der Waals surface area contributed by atoms with Gasteiger partial charge in [-0.05, 0) is 45.1 Å². The molecule has 120 valence electrons. The molecule has 4 unspecified atom stereocenters. The van der Waals surface area contributed by atoms with Gasteiger partial charge in [-0.25, -0.2) is 9.89 Å². The first-order chi connectivity index (χ1) is 9.93. The van der Waals surface area contributed by atoms with Crippen molar-refractivity contribution >= 4 is 11.8 Å². The third kappa shape index (κ3) is 3.72. The Labute approximate surface area is 131 Å². The molecule has 1 heterocycles. The van der Waals surface area contributed by atoms with Crippen LogP contribution in [0.2, 0.25) is 0 Å². The number of aromatic amines is 1. The SMILES string of the molecule is CCNC1CC(C)CC(C)C1Sc1n[nH]c(=O)n1C(C)C. The van der Waals surface area contributed by atoms with Crippen LogP contribution in [-0.2, 0) is 0 Å². The molecule has 1 aliphatic carbocycles. The van der Waals surface area contributed by atoms with E-state index in [9.17, 15) is 4.79 Å². The van der Waals surface area contributed by atoms with Gasteiger partial charge in [0.05, 0.1) is 0 Å². The number of aromatic nitrogens is 3. The molecule has 1 aromatic heterocycles. The lowest BCUT2D eigenvalue weighted by atomic mass is 9.80. The lowest BCUT2D eigenvalue weighted by Gasteiger charge is -2.39. The molecule has 0 bridgehead atoms. The highest BCUT2D eigenvalue weighted by atomic mass is 32.2. The molecular weight excluding hydrogens is 284 g/mol. The van der Waals surface area contributed by atoms with Gasteiger partial charge in [0.25, 0.3) is 0 Å². The van der Waals surface area contributed by atoms with Crippen molar-refractivity contribution in [1.29, 1.82) is 0 Å². The molecule has 0 aromatic carbocycles. The van der Waals surface area contributed by atoms with Crippen molar-refractivity contribution in [3.05, 3.63) is 10.5 Å². The van der Waals surface area contributed by atoms with E-state index in [1.165, 1.54) is 12.8 Å². The highest BCUT2D eigenvalue weighted by Gasteiger charge is 2.35. The quantitative estimate of drug-likeness (QED) is 0.877. The van der Waals surface area contributed by atoms with Crippen molar-refractivity contribution in [3.8, 4) is 0 Å². The molecule has 6 heteroatoms. The van der Waals surface area contributed by atoms with E-state index in [1.807, 2.05) is 13.8 Å². The van der Waals surface area contributed by atoms with Crippen LogP contribution in [0.3, 0.4) is 0 Å². The van der Waals surface area contributed by atoms with Gasteiger partial charge in [0.2, 0.25) is 0 Å². The molecule has 5 nitrogen and oxygen atoms in total. The number of hydrogen-bond donors (Lipinski definition) is 2. The second kappa shape index (κ2) is 7.01. The first-order valence-electron chi connectivity index (χ1n) is 8.00. The second-order valence-corrected chi connectivity index (χ2v) is 7.72. The van der Waals surface area contributed by atoms with Gasteiger partial charge in [-0.2, -0.15) is 0 Å². The average Bonchev–Trinajstić information content (AvgIpc) is 2.75. The third-order valence-corrected chi connectivity index (χ3v) is 5.85. The zero-order chi connectivity index (χ0) is 15.6. The number of nitrogens with zero attached hydrogens (tertiary/aromatic N) is 2. The zero-order valence-corrected chi connectivity index (χ0v) is 14.5. The number of thioether (sulfide) groups is 1. The van der Waals surface area contributed by atoms with Crippen molar-refractivity contribution in [2.45, 2.75) is 70.0 Å². The van der Waals surface area contributed by atoms with E-state index in [2.05, 4.69) is 36.3 Å². The van der Waals surface area contributed by atoms with Crippen LogP contribution in [-0.4, -0.2) is 32.6 Å². The summed E-state index contributed by atoms with van der Waals surface area (Å²) in [4.78, 5) is 11.9. The van der Waals surface area contributed by atoms with Crippen LogP contribution in [0.25, 0.3) is 0 Å². The minimum absolute atomic E-state index is 0.107. The summed E-state index contributed by atoms with van der Waals surface area (Å²) in [7, 11) is 0. The molecule has 0 saturated heterocycles. The molecule has 2 N–H and O–H groups in total. The highest BCUT2D eigenvalue weighted by Crippen LogP contribution is 2.39. The second-order valence-electron chi connectivity index (χ2n) is 6.58. The van der Waals surface area contributed by atoms with Crippen molar-refractivity contribution in [1.82, 2.24) is 20.1 Å². The van der Waals surface area contributed by atoms with Crippen LogP contribution >= 0.6 is 11.8 Å². The molecule has 1 aromatic rings. The molecule has 4 atom stereocenters. The molecule has 0 radical (unpaired) electrons. The van der Waals surface area contributed by atoms with E-state index >= 15 is 0 Å². The molecule has 1 saturated carbocycles. The Morgan fingerprint density at radius 3 is 2.76 bits per heavy atom. The number of rotatable bonds is 5. The maximum Gasteiger partial charge on any atom is 0.344 e. The van der Waals surface area contributed by atoms with E-state index in [4.69, 9.17) is 0 Å². The van der Waals surface area contributed by atoms with Gasteiger partial charge in [0.1, 0.15) is 0 Å². The van der Waals surface area contributed by atoms with E-state index in [0.29, 0.717) is 17.2 Å². The monoisotopic (exact) mass is 312 g/mol. The number of H-pyrrole nitrogens is 1. The standard InChI is InChI=1S/C15H28N4OS/c1-6-16-12-8-10(4)7-11(5)13(12)21-15-18-17-14(20)19(15)9(2)3/h9-13,16H,6-8H2,1-5H3,(H,17,20). The maximum atomic E-state index is 11.9. The third-order valence-electron chi connectivity index (χ3n) is 4.28. The molecule has 0 spiro atoms. The van der Waals surface area contributed by atoms with Crippen molar-refractivity contribution in [3.63, 3.8) is 0 Å². The summed E-state index contributed by atoms with van der Waals surface area (Å²) in [5, 5.41) is 11.7. The van der Waals surface area contributed by atoms with Crippen LogP contribution in [0.4, 0.5) is 0 Å². The van der Waals surface area contributed by atoms with E-state index < -0.39 is 0 Å². The van der Waals surface area contributed by atoms with Gasteiger partial charge >= 0.3 is 5.69 Å². The van der Waals surface area contributed by atoms with Crippen LogP contribution in [0.5, 0.6) is 0 Å². The van der Waals surface area contributed by atoms with E-state index in [-0.39, 0.29) is 11.7 Å². The summed E-state index contributed by atoms with van der Waals surface area (Å²) < 4.78 is 1.76. The molecule has 0 amide bonds. The number of nitrogens with one attached hydrogen (secondary N) is 2. The van der Waals surface area contributed by atoms with Crippen LogP contribution in [0.1, 0.15) is 53.5 Å². The molecule has 0 aliphatic heterocycles. The Morgan fingerprint density at radius 2 is 2.14 bits per heavy atom. The Kier molecular flexibility index (Phi) is 5.54. The van der Waals surface area contributed by atoms with Gasteiger partial charge in [0, 0.05) is 17.3 Å².